The lowest BCUT2D eigenvalue weighted by Crippen LogP contribution is -2.22. The van der Waals surface area contributed by atoms with Crippen molar-refractivity contribution in [1.29, 1.82) is 0 Å². The zero-order chi connectivity index (χ0) is 21.5. The lowest BCUT2D eigenvalue weighted by atomic mass is 10.1. The summed E-state index contributed by atoms with van der Waals surface area (Å²) in [6, 6.07) is 20.5. The van der Waals surface area contributed by atoms with E-state index in [1.165, 1.54) is 12.1 Å². The Bertz CT molecular complexity index is 1080. The Morgan fingerprint density at radius 3 is 2.40 bits per heavy atom. The zero-order valence-electron chi connectivity index (χ0n) is 16.1. The highest BCUT2D eigenvalue weighted by atomic mass is 16.6. The largest absolute Gasteiger partial charge is 0.452 e. The van der Waals surface area contributed by atoms with Crippen LogP contribution in [0.1, 0.15) is 15.9 Å². The second-order valence-electron chi connectivity index (χ2n) is 6.39. The Balaban J connectivity index is 1.67. The third-order valence-corrected chi connectivity index (χ3v) is 4.25. The van der Waals surface area contributed by atoms with Crippen molar-refractivity contribution < 1.29 is 19.2 Å². The topological polar surface area (TPSA) is 111 Å². The molecule has 0 aliphatic carbocycles. The minimum Gasteiger partial charge on any atom is -0.452 e. The van der Waals surface area contributed by atoms with Crippen molar-refractivity contribution >= 4 is 34.6 Å². The number of nitro benzene ring substituents is 1. The van der Waals surface area contributed by atoms with E-state index in [9.17, 15) is 19.7 Å². The SMILES string of the molecule is Cc1cccc([N+](=O)[O-])c1NC(=O)COC(=O)c1ccccc1Nc1ccccc1. The second kappa shape index (κ2) is 9.33. The number of ether oxygens (including phenoxy) is 1. The van der Waals surface area contributed by atoms with Gasteiger partial charge in [-0.1, -0.05) is 42.5 Å². The summed E-state index contributed by atoms with van der Waals surface area (Å²) >= 11 is 0. The molecule has 2 N–H and O–H groups in total. The molecule has 0 aliphatic heterocycles. The van der Waals surface area contributed by atoms with Gasteiger partial charge in [0.2, 0.25) is 0 Å². The number of amides is 1. The van der Waals surface area contributed by atoms with Gasteiger partial charge >= 0.3 is 5.97 Å². The maximum absolute atomic E-state index is 12.5. The Labute approximate surface area is 172 Å². The number of nitrogens with zero attached hydrogens (tertiary/aromatic N) is 1. The number of rotatable bonds is 7. The number of carbonyl (C=O) groups is 2. The first-order valence-corrected chi connectivity index (χ1v) is 9.08. The Morgan fingerprint density at radius 1 is 0.967 bits per heavy atom. The molecule has 152 valence electrons. The van der Waals surface area contributed by atoms with Crippen LogP contribution in [-0.4, -0.2) is 23.4 Å². The van der Waals surface area contributed by atoms with E-state index in [-0.39, 0.29) is 16.9 Å². The predicted octanol–water partition coefficient (Wildman–Crippen LogP) is 4.44. The normalized spacial score (nSPS) is 10.2. The van der Waals surface area contributed by atoms with Gasteiger partial charge in [0.1, 0.15) is 5.69 Å². The molecule has 0 unspecified atom stereocenters. The van der Waals surface area contributed by atoms with Crippen LogP contribution in [0.2, 0.25) is 0 Å². The van der Waals surface area contributed by atoms with E-state index in [1.807, 2.05) is 30.3 Å². The van der Waals surface area contributed by atoms with Gasteiger partial charge in [-0.3, -0.25) is 14.9 Å². The minimum atomic E-state index is -0.691. The molecule has 0 bridgehead atoms. The molecule has 0 aliphatic rings. The van der Waals surface area contributed by atoms with Gasteiger partial charge in [0.05, 0.1) is 16.2 Å². The van der Waals surface area contributed by atoms with Crippen LogP contribution < -0.4 is 10.6 Å². The molecule has 1 amide bonds. The molecular formula is C22H19N3O5. The summed E-state index contributed by atoms with van der Waals surface area (Å²) < 4.78 is 5.12. The van der Waals surface area contributed by atoms with Crippen molar-refractivity contribution in [1.82, 2.24) is 0 Å². The van der Waals surface area contributed by atoms with Gasteiger partial charge in [0, 0.05) is 11.8 Å². The highest BCUT2D eigenvalue weighted by Crippen LogP contribution is 2.27. The number of benzene rings is 3. The smallest absolute Gasteiger partial charge is 0.340 e. The molecule has 0 atom stereocenters. The third-order valence-electron chi connectivity index (χ3n) is 4.25. The number of carbonyl (C=O) groups excluding carboxylic acids is 2. The van der Waals surface area contributed by atoms with Gasteiger partial charge in [-0.15, -0.1) is 0 Å². The van der Waals surface area contributed by atoms with E-state index in [0.717, 1.165) is 5.69 Å². The van der Waals surface area contributed by atoms with Crippen molar-refractivity contribution in [2.75, 3.05) is 17.2 Å². The van der Waals surface area contributed by atoms with Crippen LogP contribution in [0, 0.1) is 17.0 Å². The van der Waals surface area contributed by atoms with E-state index >= 15 is 0 Å². The molecule has 30 heavy (non-hydrogen) atoms. The summed E-state index contributed by atoms with van der Waals surface area (Å²) in [4.78, 5) is 35.3. The van der Waals surface area contributed by atoms with E-state index in [1.54, 1.807) is 37.3 Å². The number of hydrogen-bond donors (Lipinski definition) is 2. The summed E-state index contributed by atoms with van der Waals surface area (Å²) in [5, 5.41) is 16.7. The number of nitro groups is 1. The summed E-state index contributed by atoms with van der Waals surface area (Å²) in [7, 11) is 0. The fourth-order valence-corrected chi connectivity index (χ4v) is 2.80. The quantitative estimate of drug-likeness (QED) is 0.341. The molecule has 0 aromatic heterocycles. The predicted molar refractivity (Wildman–Crippen MR) is 113 cm³/mol. The first kappa shape index (κ1) is 20.5. The first-order chi connectivity index (χ1) is 14.5. The van der Waals surface area contributed by atoms with Gasteiger partial charge in [-0.05, 0) is 36.8 Å². The van der Waals surface area contributed by atoms with E-state index in [2.05, 4.69) is 10.6 Å². The highest BCUT2D eigenvalue weighted by Gasteiger charge is 2.19. The van der Waals surface area contributed by atoms with Crippen LogP contribution in [0.25, 0.3) is 0 Å². The van der Waals surface area contributed by atoms with Gasteiger partial charge < -0.3 is 15.4 Å². The van der Waals surface area contributed by atoms with Gasteiger partial charge in [-0.2, -0.15) is 0 Å². The van der Waals surface area contributed by atoms with Crippen LogP contribution in [-0.2, 0) is 9.53 Å². The van der Waals surface area contributed by atoms with E-state index in [0.29, 0.717) is 11.3 Å². The molecule has 8 heteroatoms. The standard InChI is InChI=1S/C22H19N3O5/c1-15-8-7-13-19(25(28)29)21(15)24-20(26)14-30-22(27)17-11-5-6-12-18(17)23-16-9-3-2-4-10-16/h2-13,23H,14H2,1H3,(H,24,26). The second-order valence-corrected chi connectivity index (χ2v) is 6.39. The molecule has 0 spiro atoms. The number of para-hydroxylation sites is 3. The maximum atomic E-state index is 12.5. The number of aryl methyl sites for hydroxylation is 1. The molecule has 0 saturated heterocycles. The van der Waals surface area contributed by atoms with Crippen molar-refractivity contribution in [3.63, 3.8) is 0 Å². The fraction of sp³-hybridized carbons (Fsp3) is 0.0909. The van der Waals surface area contributed by atoms with Gasteiger partial charge in [0.15, 0.2) is 6.61 Å². The van der Waals surface area contributed by atoms with Crippen LogP contribution >= 0.6 is 0 Å². The number of anilines is 3. The molecule has 3 aromatic carbocycles. The lowest BCUT2D eigenvalue weighted by Gasteiger charge is -2.12. The fourth-order valence-electron chi connectivity index (χ4n) is 2.80. The number of nitrogens with one attached hydrogen (secondary N) is 2. The van der Waals surface area contributed by atoms with Crippen molar-refractivity contribution in [3.05, 3.63) is 94.0 Å². The minimum absolute atomic E-state index is 0.0784. The zero-order valence-corrected chi connectivity index (χ0v) is 16.1. The number of hydrogen-bond acceptors (Lipinski definition) is 6. The van der Waals surface area contributed by atoms with Crippen LogP contribution in [0.4, 0.5) is 22.7 Å². The summed E-state index contributed by atoms with van der Waals surface area (Å²) in [6.45, 7) is 1.06. The Morgan fingerprint density at radius 2 is 1.67 bits per heavy atom. The van der Waals surface area contributed by atoms with E-state index in [4.69, 9.17) is 4.74 Å². The van der Waals surface area contributed by atoms with Crippen LogP contribution in [0.3, 0.4) is 0 Å². The highest BCUT2D eigenvalue weighted by molar-refractivity contribution is 6.00. The average Bonchev–Trinajstić information content (AvgIpc) is 2.74. The molecule has 0 radical (unpaired) electrons. The summed E-state index contributed by atoms with van der Waals surface area (Å²) in [6.07, 6.45) is 0. The Kier molecular flexibility index (Phi) is 6.39. The van der Waals surface area contributed by atoms with Crippen LogP contribution in [0.15, 0.2) is 72.8 Å². The molecule has 0 saturated carbocycles. The lowest BCUT2D eigenvalue weighted by molar-refractivity contribution is -0.384. The van der Waals surface area contributed by atoms with Crippen molar-refractivity contribution in [2.24, 2.45) is 0 Å². The van der Waals surface area contributed by atoms with Crippen molar-refractivity contribution in [2.45, 2.75) is 6.92 Å². The first-order valence-electron chi connectivity index (χ1n) is 9.08. The molecule has 0 fully saturated rings. The monoisotopic (exact) mass is 405 g/mol. The van der Waals surface area contributed by atoms with Gasteiger partial charge in [0.25, 0.3) is 11.6 Å². The van der Waals surface area contributed by atoms with Crippen LogP contribution in [0.5, 0.6) is 0 Å². The molecule has 3 aromatic rings. The molecular weight excluding hydrogens is 386 g/mol. The third kappa shape index (κ3) is 4.99. The molecule has 3 rings (SSSR count). The Hall–Kier alpha value is -4.20. The van der Waals surface area contributed by atoms with E-state index < -0.39 is 23.4 Å². The average molecular weight is 405 g/mol. The van der Waals surface area contributed by atoms with Gasteiger partial charge in [-0.25, -0.2) is 4.79 Å². The maximum Gasteiger partial charge on any atom is 0.340 e. The molecule has 8 nitrogen and oxygen atoms in total. The summed E-state index contributed by atoms with van der Waals surface area (Å²) in [5.74, 6) is -1.36. The number of esters is 1. The van der Waals surface area contributed by atoms with Crippen molar-refractivity contribution in [3.8, 4) is 0 Å². The molecule has 0 heterocycles. The summed E-state index contributed by atoms with van der Waals surface area (Å²) in [5.41, 5.74) is 1.96.